The van der Waals surface area contributed by atoms with E-state index in [0.717, 1.165) is 22.5 Å². The molecule has 0 bridgehead atoms. The molecule has 2 rings (SSSR count). The maximum absolute atomic E-state index is 12.1. The number of carbonyl (C=O) groups is 1. The van der Waals surface area contributed by atoms with Crippen molar-refractivity contribution >= 4 is 51.8 Å². The number of nitrogens with two attached hydrogens (primary N) is 1. The van der Waals surface area contributed by atoms with E-state index in [9.17, 15) is 4.79 Å². The fraction of sp³-hybridized carbons (Fsp3) is 0.154. The summed E-state index contributed by atoms with van der Waals surface area (Å²) < 4.78 is 0.841. The lowest BCUT2D eigenvalue weighted by Gasteiger charge is -2.10. The predicted octanol–water partition coefficient (Wildman–Crippen LogP) is 4.51. The van der Waals surface area contributed by atoms with Crippen molar-refractivity contribution in [3.8, 4) is 0 Å². The lowest BCUT2D eigenvalue weighted by atomic mass is 10.1. The molecule has 0 atom stereocenters. The highest BCUT2D eigenvalue weighted by Crippen LogP contribution is 2.32. The Bertz CT molecular complexity index is 652. The highest BCUT2D eigenvalue weighted by atomic mass is 35.5. The first-order chi connectivity index (χ1) is 8.88. The van der Waals surface area contributed by atoms with E-state index < -0.39 is 0 Å². The Morgan fingerprint density at radius 3 is 2.42 bits per heavy atom. The molecule has 0 saturated heterocycles. The lowest BCUT2D eigenvalue weighted by molar-refractivity contribution is 0.102. The van der Waals surface area contributed by atoms with Crippen LogP contribution in [0.1, 0.15) is 21.5 Å². The smallest absolute Gasteiger partial charge is 0.258 e. The quantitative estimate of drug-likeness (QED) is 0.801. The summed E-state index contributed by atoms with van der Waals surface area (Å²) in [6.45, 7) is 3.92. The summed E-state index contributed by atoms with van der Waals surface area (Å²) in [5, 5.41) is 2.75. The molecule has 19 heavy (non-hydrogen) atoms. The average Bonchev–Trinajstić information content (AvgIpc) is 2.65. The minimum absolute atomic E-state index is 0.317. The van der Waals surface area contributed by atoms with Crippen molar-refractivity contribution in [2.75, 3.05) is 11.1 Å². The monoisotopic (exact) mass is 314 g/mol. The number of carbonyl (C=O) groups excluding carboxylic acids is 1. The summed E-state index contributed by atoms with van der Waals surface area (Å²) in [4.78, 5) is 12.1. The van der Waals surface area contributed by atoms with Crippen molar-refractivity contribution in [2.24, 2.45) is 0 Å². The van der Waals surface area contributed by atoms with E-state index in [-0.39, 0.29) is 5.91 Å². The zero-order valence-corrected chi connectivity index (χ0v) is 12.7. The summed E-state index contributed by atoms with van der Waals surface area (Å²) >= 11 is 12.9. The molecule has 0 aliphatic carbocycles. The SMILES string of the molecule is Cc1cc(N)c(NC(=O)c2cc(Cl)sc2Cl)cc1C. The van der Waals surface area contributed by atoms with E-state index in [2.05, 4.69) is 5.32 Å². The molecule has 2 aromatic rings. The molecular weight excluding hydrogens is 303 g/mol. The van der Waals surface area contributed by atoms with Crippen molar-refractivity contribution in [1.82, 2.24) is 0 Å². The molecule has 0 fully saturated rings. The molecule has 0 spiro atoms. The third kappa shape index (κ3) is 3.03. The van der Waals surface area contributed by atoms with Crippen molar-refractivity contribution < 1.29 is 4.79 Å². The number of halogens is 2. The second-order valence-corrected chi connectivity index (χ2v) is 6.50. The Labute approximate surface area is 125 Å². The van der Waals surface area contributed by atoms with Crippen LogP contribution in [0.2, 0.25) is 8.67 Å². The van der Waals surface area contributed by atoms with Gasteiger partial charge in [-0.2, -0.15) is 0 Å². The van der Waals surface area contributed by atoms with Crippen LogP contribution in [-0.4, -0.2) is 5.91 Å². The zero-order chi connectivity index (χ0) is 14.2. The number of hydrogen-bond donors (Lipinski definition) is 2. The van der Waals surface area contributed by atoms with E-state index in [4.69, 9.17) is 28.9 Å². The molecule has 0 saturated carbocycles. The lowest BCUT2D eigenvalue weighted by Crippen LogP contribution is -2.13. The van der Waals surface area contributed by atoms with Crippen LogP contribution in [0.5, 0.6) is 0 Å². The first-order valence-electron chi connectivity index (χ1n) is 5.51. The van der Waals surface area contributed by atoms with Gasteiger partial charge >= 0.3 is 0 Å². The molecule has 1 aromatic heterocycles. The third-order valence-electron chi connectivity index (χ3n) is 2.82. The number of anilines is 2. The largest absolute Gasteiger partial charge is 0.397 e. The van der Waals surface area contributed by atoms with Crippen molar-refractivity contribution in [1.29, 1.82) is 0 Å². The highest BCUT2D eigenvalue weighted by Gasteiger charge is 2.15. The molecule has 0 unspecified atom stereocenters. The second-order valence-electron chi connectivity index (χ2n) is 4.22. The minimum atomic E-state index is -0.317. The molecule has 1 aromatic carbocycles. The van der Waals surface area contributed by atoms with Gasteiger partial charge in [0.1, 0.15) is 4.34 Å². The molecule has 3 nitrogen and oxygen atoms in total. The Morgan fingerprint density at radius 2 is 1.84 bits per heavy atom. The van der Waals surface area contributed by atoms with Gasteiger partial charge in [-0.05, 0) is 43.2 Å². The molecular formula is C13H12Cl2N2OS. The summed E-state index contributed by atoms with van der Waals surface area (Å²) in [6.07, 6.45) is 0. The van der Waals surface area contributed by atoms with Crippen LogP contribution in [0.15, 0.2) is 18.2 Å². The Kier molecular flexibility index (Phi) is 4.04. The Morgan fingerprint density at radius 1 is 1.21 bits per heavy atom. The van der Waals surface area contributed by atoms with Gasteiger partial charge in [-0.3, -0.25) is 4.79 Å². The van der Waals surface area contributed by atoms with Crippen LogP contribution in [0.3, 0.4) is 0 Å². The van der Waals surface area contributed by atoms with E-state index in [1.165, 1.54) is 0 Å². The third-order valence-corrected chi connectivity index (χ3v) is 4.30. The van der Waals surface area contributed by atoms with Crippen molar-refractivity contribution in [3.63, 3.8) is 0 Å². The maximum atomic E-state index is 12.1. The van der Waals surface area contributed by atoms with Gasteiger partial charge in [0.05, 0.1) is 21.3 Å². The Hall–Kier alpha value is -1.23. The topological polar surface area (TPSA) is 55.1 Å². The first-order valence-corrected chi connectivity index (χ1v) is 7.08. The Balaban J connectivity index is 2.29. The van der Waals surface area contributed by atoms with Crippen LogP contribution in [0.4, 0.5) is 11.4 Å². The summed E-state index contributed by atoms with van der Waals surface area (Å²) in [5.41, 5.74) is 9.47. The van der Waals surface area contributed by atoms with Gasteiger partial charge < -0.3 is 11.1 Å². The number of thiophene rings is 1. The van der Waals surface area contributed by atoms with Crippen LogP contribution < -0.4 is 11.1 Å². The van der Waals surface area contributed by atoms with Gasteiger partial charge in [0.15, 0.2) is 0 Å². The molecule has 0 aliphatic rings. The zero-order valence-electron chi connectivity index (χ0n) is 10.4. The van der Waals surface area contributed by atoms with Gasteiger partial charge in [0.2, 0.25) is 0 Å². The summed E-state index contributed by atoms with van der Waals surface area (Å²) in [5.74, 6) is -0.317. The van der Waals surface area contributed by atoms with Gasteiger partial charge in [-0.1, -0.05) is 23.2 Å². The number of amides is 1. The second kappa shape index (κ2) is 5.41. The van der Waals surface area contributed by atoms with Crippen LogP contribution in [0, 0.1) is 13.8 Å². The van der Waals surface area contributed by atoms with Gasteiger partial charge in [0, 0.05) is 0 Å². The fourth-order valence-corrected chi connectivity index (χ4v) is 3.09. The number of benzene rings is 1. The van der Waals surface area contributed by atoms with Crippen LogP contribution in [-0.2, 0) is 0 Å². The fourth-order valence-electron chi connectivity index (χ4n) is 1.63. The minimum Gasteiger partial charge on any atom is -0.397 e. The normalized spacial score (nSPS) is 10.5. The molecule has 0 aliphatic heterocycles. The molecule has 3 N–H and O–H groups in total. The number of rotatable bonds is 2. The molecule has 6 heteroatoms. The van der Waals surface area contributed by atoms with E-state index in [1.54, 1.807) is 6.07 Å². The van der Waals surface area contributed by atoms with Gasteiger partial charge in [0.25, 0.3) is 5.91 Å². The number of nitrogen functional groups attached to an aromatic ring is 1. The van der Waals surface area contributed by atoms with Crippen molar-refractivity contribution in [2.45, 2.75) is 13.8 Å². The summed E-state index contributed by atoms with van der Waals surface area (Å²) in [6, 6.07) is 5.21. The van der Waals surface area contributed by atoms with E-state index >= 15 is 0 Å². The number of hydrogen-bond acceptors (Lipinski definition) is 3. The standard InChI is InChI=1S/C13H12Cl2N2OS/c1-6-3-9(16)10(4-7(6)2)17-13(18)8-5-11(14)19-12(8)15/h3-5H,16H2,1-2H3,(H,17,18). The number of nitrogens with one attached hydrogen (secondary N) is 1. The predicted molar refractivity (Wildman–Crippen MR) is 82.6 cm³/mol. The molecule has 0 radical (unpaired) electrons. The van der Waals surface area contributed by atoms with Crippen LogP contribution in [0.25, 0.3) is 0 Å². The first kappa shape index (κ1) is 14.2. The summed E-state index contributed by atoms with van der Waals surface area (Å²) in [7, 11) is 0. The maximum Gasteiger partial charge on any atom is 0.258 e. The average molecular weight is 315 g/mol. The molecule has 1 amide bonds. The molecule has 100 valence electrons. The van der Waals surface area contributed by atoms with Gasteiger partial charge in [-0.25, -0.2) is 0 Å². The van der Waals surface area contributed by atoms with E-state index in [0.29, 0.717) is 25.6 Å². The van der Waals surface area contributed by atoms with E-state index in [1.807, 2.05) is 26.0 Å². The molecule has 1 heterocycles. The van der Waals surface area contributed by atoms with Crippen LogP contribution >= 0.6 is 34.5 Å². The highest BCUT2D eigenvalue weighted by molar-refractivity contribution is 7.20. The van der Waals surface area contributed by atoms with Gasteiger partial charge in [-0.15, -0.1) is 11.3 Å². The van der Waals surface area contributed by atoms with Crippen molar-refractivity contribution in [3.05, 3.63) is 43.6 Å². The number of aryl methyl sites for hydroxylation is 2.